The summed E-state index contributed by atoms with van der Waals surface area (Å²) in [5.74, 6) is 0. The SMILES string of the molecule is Clc1ccc(Br)c(NCc2ccc3cnccc3c2)c1. The minimum absolute atomic E-state index is 0.722. The van der Waals surface area contributed by atoms with Gasteiger partial charge in [0.1, 0.15) is 0 Å². The molecule has 1 heterocycles. The van der Waals surface area contributed by atoms with Crippen molar-refractivity contribution in [1.82, 2.24) is 4.98 Å². The van der Waals surface area contributed by atoms with Gasteiger partial charge in [-0.1, -0.05) is 23.7 Å². The predicted molar refractivity (Wildman–Crippen MR) is 88.2 cm³/mol. The number of rotatable bonds is 3. The Bertz CT molecular complexity index is 758. The third-order valence-electron chi connectivity index (χ3n) is 3.12. The van der Waals surface area contributed by atoms with E-state index in [4.69, 9.17) is 11.6 Å². The zero-order chi connectivity index (χ0) is 13.9. The fourth-order valence-corrected chi connectivity index (χ4v) is 2.63. The van der Waals surface area contributed by atoms with Gasteiger partial charge in [0, 0.05) is 33.8 Å². The van der Waals surface area contributed by atoms with Gasteiger partial charge in [-0.15, -0.1) is 0 Å². The Balaban J connectivity index is 1.81. The summed E-state index contributed by atoms with van der Waals surface area (Å²) in [6.45, 7) is 0.747. The Labute approximate surface area is 130 Å². The number of benzene rings is 2. The van der Waals surface area contributed by atoms with Crippen LogP contribution in [0.25, 0.3) is 10.8 Å². The molecule has 0 saturated carbocycles. The lowest BCUT2D eigenvalue weighted by molar-refractivity contribution is 1.15. The third-order valence-corrected chi connectivity index (χ3v) is 4.04. The molecule has 2 aromatic carbocycles. The molecule has 0 aliphatic heterocycles. The molecule has 0 radical (unpaired) electrons. The van der Waals surface area contributed by atoms with Gasteiger partial charge in [-0.2, -0.15) is 0 Å². The van der Waals surface area contributed by atoms with E-state index in [0.717, 1.165) is 27.1 Å². The standard InChI is InChI=1S/C16H12BrClN2/c17-15-4-3-14(18)8-16(15)20-9-11-1-2-13-10-19-6-5-12(13)7-11/h1-8,10,20H,9H2. The molecule has 0 unspecified atom stereocenters. The molecule has 1 aromatic heterocycles. The van der Waals surface area contributed by atoms with Crippen LogP contribution in [-0.4, -0.2) is 4.98 Å². The number of nitrogens with one attached hydrogen (secondary N) is 1. The highest BCUT2D eigenvalue weighted by atomic mass is 79.9. The van der Waals surface area contributed by atoms with E-state index < -0.39 is 0 Å². The summed E-state index contributed by atoms with van der Waals surface area (Å²) < 4.78 is 1.01. The third kappa shape index (κ3) is 2.94. The second-order valence-electron chi connectivity index (χ2n) is 4.53. The molecule has 4 heteroatoms. The molecule has 0 aliphatic carbocycles. The summed E-state index contributed by atoms with van der Waals surface area (Å²) in [7, 11) is 0. The average molecular weight is 348 g/mol. The van der Waals surface area contributed by atoms with Crippen LogP contribution in [-0.2, 0) is 6.54 Å². The Hall–Kier alpha value is -1.58. The minimum Gasteiger partial charge on any atom is -0.380 e. The second kappa shape index (κ2) is 5.81. The Morgan fingerprint density at radius 3 is 2.85 bits per heavy atom. The fraction of sp³-hybridized carbons (Fsp3) is 0.0625. The van der Waals surface area contributed by atoms with E-state index >= 15 is 0 Å². The van der Waals surface area contributed by atoms with Gasteiger partial charge in [0.15, 0.2) is 0 Å². The predicted octanol–water partition coefficient (Wildman–Crippen LogP) is 5.26. The first-order chi connectivity index (χ1) is 9.72. The van der Waals surface area contributed by atoms with Crippen molar-refractivity contribution in [3.63, 3.8) is 0 Å². The van der Waals surface area contributed by atoms with Gasteiger partial charge < -0.3 is 5.32 Å². The highest BCUT2D eigenvalue weighted by molar-refractivity contribution is 9.10. The van der Waals surface area contributed by atoms with E-state index in [-0.39, 0.29) is 0 Å². The molecular formula is C16H12BrClN2. The van der Waals surface area contributed by atoms with Gasteiger partial charge in [-0.05, 0) is 57.2 Å². The highest BCUT2D eigenvalue weighted by Gasteiger charge is 2.01. The molecule has 3 aromatic rings. The lowest BCUT2D eigenvalue weighted by Gasteiger charge is -2.10. The fourth-order valence-electron chi connectivity index (χ4n) is 2.07. The van der Waals surface area contributed by atoms with Gasteiger partial charge in [0.25, 0.3) is 0 Å². The van der Waals surface area contributed by atoms with E-state index in [1.165, 1.54) is 10.9 Å². The van der Waals surface area contributed by atoms with Crippen LogP contribution in [0.5, 0.6) is 0 Å². The first kappa shape index (κ1) is 13.4. The van der Waals surface area contributed by atoms with Crippen LogP contribution in [0.1, 0.15) is 5.56 Å². The van der Waals surface area contributed by atoms with Gasteiger partial charge in [-0.25, -0.2) is 0 Å². The molecule has 0 aliphatic rings. The van der Waals surface area contributed by atoms with Crippen molar-refractivity contribution in [2.24, 2.45) is 0 Å². The number of nitrogens with zero attached hydrogens (tertiary/aromatic N) is 1. The smallest absolute Gasteiger partial charge is 0.0502 e. The van der Waals surface area contributed by atoms with Crippen molar-refractivity contribution in [3.05, 3.63) is 69.9 Å². The first-order valence-electron chi connectivity index (χ1n) is 6.24. The van der Waals surface area contributed by atoms with Gasteiger partial charge in [0.2, 0.25) is 0 Å². The van der Waals surface area contributed by atoms with Crippen molar-refractivity contribution < 1.29 is 0 Å². The maximum atomic E-state index is 6.01. The van der Waals surface area contributed by atoms with Crippen LogP contribution in [0.15, 0.2) is 59.3 Å². The van der Waals surface area contributed by atoms with Crippen LogP contribution in [0, 0.1) is 0 Å². The van der Waals surface area contributed by atoms with Gasteiger partial charge >= 0.3 is 0 Å². The molecule has 0 bridgehead atoms. The molecule has 2 nitrogen and oxygen atoms in total. The highest BCUT2D eigenvalue weighted by Crippen LogP contribution is 2.26. The molecule has 0 saturated heterocycles. The Morgan fingerprint density at radius 1 is 1.05 bits per heavy atom. The normalized spacial score (nSPS) is 10.7. The van der Waals surface area contributed by atoms with E-state index in [2.05, 4.69) is 44.4 Å². The summed E-state index contributed by atoms with van der Waals surface area (Å²) in [5, 5.41) is 6.46. The number of hydrogen-bond acceptors (Lipinski definition) is 2. The van der Waals surface area contributed by atoms with Crippen LogP contribution in [0.3, 0.4) is 0 Å². The zero-order valence-electron chi connectivity index (χ0n) is 10.6. The molecule has 20 heavy (non-hydrogen) atoms. The first-order valence-corrected chi connectivity index (χ1v) is 7.41. The van der Waals surface area contributed by atoms with Crippen LogP contribution in [0.4, 0.5) is 5.69 Å². The van der Waals surface area contributed by atoms with Crippen molar-refractivity contribution in [2.45, 2.75) is 6.54 Å². The molecule has 3 rings (SSSR count). The largest absolute Gasteiger partial charge is 0.380 e. The number of fused-ring (bicyclic) bond motifs is 1. The van der Waals surface area contributed by atoms with E-state index in [0.29, 0.717) is 0 Å². The summed E-state index contributed by atoms with van der Waals surface area (Å²) in [6, 6.07) is 14.1. The summed E-state index contributed by atoms with van der Waals surface area (Å²) >= 11 is 9.52. The molecule has 100 valence electrons. The topological polar surface area (TPSA) is 24.9 Å². The maximum Gasteiger partial charge on any atom is 0.0502 e. The number of hydrogen-bond donors (Lipinski definition) is 1. The number of anilines is 1. The van der Waals surface area contributed by atoms with Crippen molar-refractivity contribution in [1.29, 1.82) is 0 Å². The lowest BCUT2D eigenvalue weighted by atomic mass is 10.1. The number of pyridine rings is 1. The average Bonchev–Trinajstić information content (AvgIpc) is 2.48. The number of aromatic nitrogens is 1. The number of halogens is 2. The summed E-state index contributed by atoms with van der Waals surface area (Å²) in [5.41, 5.74) is 2.21. The molecule has 0 atom stereocenters. The van der Waals surface area contributed by atoms with Crippen molar-refractivity contribution in [2.75, 3.05) is 5.32 Å². The second-order valence-corrected chi connectivity index (χ2v) is 5.83. The van der Waals surface area contributed by atoms with E-state index in [9.17, 15) is 0 Å². The molecular weight excluding hydrogens is 336 g/mol. The Kier molecular flexibility index (Phi) is 3.90. The van der Waals surface area contributed by atoms with Gasteiger partial charge in [0.05, 0.1) is 5.69 Å². The van der Waals surface area contributed by atoms with Gasteiger partial charge in [-0.3, -0.25) is 4.98 Å². The molecule has 0 amide bonds. The zero-order valence-corrected chi connectivity index (χ0v) is 12.9. The van der Waals surface area contributed by atoms with E-state index in [1.54, 1.807) is 0 Å². The lowest BCUT2D eigenvalue weighted by Crippen LogP contribution is -2.00. The van der Waals surface area contributed by atoms with Crippen molar-refractivity contribution in [3.8, 4) is 0 Å². The van der Waals surface area contributed by atoms with Crippen LogP contribution < -0.4 is 5.32 Å². The minimum atomic E-state index is 0.722. The maximum absolute atomic E-state index is 6.01. The van der Waals surface area contributed by atoms with Crippen LogP contribution >= 0.6 is 27.5 Å². The molecule has 0 fully saturated rings. The Morgan fingerprint density at radius 2 is 1.95 bits per heavy atom. The van der Waals surface area contributed by atoms with Crippen LogP contribution in [0.2, 0.25) is 5.02 Å². The summed E-state index contributed by atoms with van der Waals surface area (Å²) in [4.78, 5) is 4.12. The molecule has 1 N–H and O–H groups in total. The van der Waals surface area contributed by atoms with Crippen molar-refractivity contribution >= 4 is 44.0 Å². The summed E-state index contributed by atoms with van der Waals surface area (Å²) in [6.07, 6.45) is 3.69. The quantitative estimate of drug-likeness (QED) is 0.699. The molecule has 0 spiro atoms. The monoisotopic (exact) mass is 346 g/mol. The van der Waals surface area contributed by atoms with E-state index in [1.807, 2.05) is 36.7 Å².